The predicted octanol–water partition coefficient (Wildman–Crippen LogP) is 2.06. The van der Waals surface area contributed by atoms with E-state index in [9.17, 15) is 4.79 Å². The molecule has 1 aromatic rings. The van der Waals surface area contributed by atoms with E-state index in [1.54, 1.807) is 13.8 Å². The van der Waals surface area contributed by atoms with Crippen LogP contribution >= 0.6 is 0 Å². The van der Waals surface area contributed by atoms with Crippen molar-refractivity contribution in [2.45, 2.75) is 27.7 Å². The van der Waals surface area contributed by atoms with Gasteiger partial charge in [-0.1, -0.05) is 20.4 Å². The van der Waals surface area contributed by atoms with E-state index < -0.39 is 0 Å². The summed E-state index contributed by atoms with van der Waals surface area (Å²) < 4.78 is 0. The number of H-pyrrole nitrogens is 1. The SMILES string of the molecule is C=Cc1nc(C)c(C)c(=O)[nH]1.CC. The van der Waals surface area contributed by atoms with Crippen LogP contribution in [0.25, 0.3) is 6.08 Å². The fraction of sp³-hybridized carbons (Fsp3) is 0.400. The van der Waals surface area contributed by atoms with Crippen LogP contribution in [0.3, 0.4) is 0 Å². The van der Waals surface area contributed by atoms with Gasteiger partial charge in [0.25, 0.3) is 5.56 Å². The van der Waals surface area contributed by atoms with Gasteiger partial charge in [0, 0.05) is 11.3 Å². The van der Waals surface area contributed by atoms with Crippen molar-refractivity contribution in [1.29, 1.82) is 0 Å². The molecule has 72 valence electrons. The van der Waals surface area contributed by atoms with Crippen molar-refractivity contribution < 1.29 is 0 Å². The van der Waals surface area contributed by atoms with Crippen LogP contribution in [-0.4, -0.2) is 9.97 Å². The highest BCUT2D eigenvalue weighted by atomic mass is 16.1. The predicted molar refractivity (Wildman–Crippen MR) is 55.8 cm³/mol. The van der Waals surface area contributed by atoms with Crippen molar-refractivity contribution in [1.82, 2.24) is 9.97 Å². The molecule has 3 nitrogen and oxygen atoms in total. The Hall–Kier alpha value is -1.38. The topological polar surface area (TPSA) is 45.8 Å². The van der Waals surface area contributed by atoms with Crippen LogP contribution < -0.4 is 5.56 Å². The number of nitrogens with one attached hydrogen (secondary N) is 1. The summed E-state index contributed by atoms with van der Waals surface area (Å²) in [6.07, 6.45) is 1.52. The van der Waals surface area contributed by atoms with E-state index in [0.717, 1.165) is 5.69 Å². The molecule has 0 aliphatic carbocycles. The summed E-state index contributed by atoms with van der Waals surface area (Å²) in [5, 5.41) is 0. The average Bonchev–Trinajstić information content (AvgIpc) is 2.16. The molecule has 13 heavy (non-hydrogen) atoms. The summed E-state index contributed by atoms with van der Waals surface area (Å²) in [5.74, 6) is 0.526. The lowest BCUT2D eigenvalue weighted by Gasteiger charge is -1.98. The van der Waals surface area contributed by atoms with Gasteiger partial charge >= 0.3 is 0 Å². The Labute approximate surface area is 78.5 Å². The van der Waals surface area contributed by atoms with Gasteiger partial charge in [0.05, 0.1) is 0 Å². The number of hydrogen-bond acceptors (Lipinski definition) is 2. The van der Waals surface area contributed by atoms with Crippen molar-refractivity contribution >= 4 is 6.08 Å². The number of hydrogen-bond donors (Lipinski definition) is 1. The molecule has 0 aliphatic heterocycles. The number of nitrogens with zero attached hydrogens (tertiary/aromatic N) is 1. The maximum atomic E-state index is 11.1. The van der Waals surface area contributed by atoms with Gasteiger partial charge in [-0.05, 0) is 19.9 Å². The molecule has 0 radical (unpaired) electrons. The van der Waals surface area contributed by atoms with Crippen molar-refractivity contribution in [2.75, 3.05) is 0 Å². The van der Waals surface area contributed by atoms with Crippen LogP contribution in [-0.2, 0) is 0 Å². The van der Waals surface area contributed by atoms with Gasteiger partial charge in [-0.15, -0.1) is 0 Å². The van der Waals surface area contributed by atoms with Gasteiger partial charge in [-0.2, -0.15) is 0 Å². The van der Waals surface area contributed by atoms with E-state index in [1.165, 1.54) is 6.08 Å². The fourth-order valence-electron chi connectivity index (χ4n) is 0.764. The number of rotatable bonds is 1. The van der Waals surface area contributed by atoms with Crippen molar-refractivity contribution in [3.05, 3.63) is 34.0 Å². The van der Waals surface area contributed by atoms with E-state index in [-0.39, 0.29) is 5.56 Å². The Morgan fingerprint density at radius 2 is 1.92 bits per heavy atom. The van der Waals surface area contributed by atoms with E-state index >= 15 is 0 Å². The van der Waals surface area contributed by atoms with Crippen LogP contribution in [0.2, 0.25) is 0 Å². The van der Waals surface area contributed by atoms with Crippen LogP contribution in [0.4, 0.5) is 0 Å². The first-order valence-electron chi connectivity index (χ1n) is 4.35. The maximum Gasteiger partial charge on any atom is 0.254 e. The molecule has 0 atom stereocenters. The quantitative estimate of drug-likeness (QED) is 0.719. The zero-order chi connectivity index (χ0) is 10.4. The second kappa shape index (κ2) is 5.30. The highest BCUT2D eigenvalue weighted by Gasteiger charge is 1.99. The van der Waals surface area contributed by atoms with Crippen LogP contribution in [0.1, 0.15) is 30.9 Å². The van der Waals surface area contributed by atoms with Crippen molar-refractivity contribution in [3.8, 4) is 0 Å². The zero-order valence-electron chi connectivity index (χ0n) is 8.64. The second-order valence-electron chi connectivity index (χ2n) is 2.37. The number of aromatic nitrogens is 2. The standard InChI is InChI=1S/C8H10N2O.C2H6/c1-4-7-9-6(3)5(2)8(11)10-7;1-2/h4H,1H2,2-3H3,(H,9,10,11);1-2H3. The first-order chi connectivity index (χ1) is 6.15. The summed E-state index contributed by atoms with van der Waals surface area (Å²) in [7, 11) is 0. The highest BCUT2D eigenvalue weighted by Crippen LogP contribution is 1.96. The molecule has 1 rings (SSSR count). The average molecular weight is 180 g/mol. The molecule has 0 aliphatic rings. The minimum atomic E-state index is -0.0904. The zero-order valence-corrected chi connectivity index (χ0v) is 8.64. The molecule has 0 aromatic carbocycles. The molecule has 3 heteroatoms. The third-order valence-electron chi connectivity index (χ3n) is 1.61. The molecule has 0 fully saturated rings. The summed E-state index contributed by atoms with van der Waals surface area (Å²) >= 11 is 0. The smallest absolute Gasteiger partial charge is 0.254 e. The lowest BCUT2D eigenvalue weighted by molar-refractivity contribution is 1.00. The Bertz CT molecular complexity index is 339. The first kappa shape index (κ1) is 11.6. The Morgan fingerprint density at radius 3 is 2.31 bits per heavy atom. The van der Waals surface area contributed by atoms with Crippen LogP contribution in [0, 0.1) is 13.8 Å². The third-order valence-corrected chi connectivity index (χ3v) is 1.61. The molecule has 0 bridgehead atoms. The van der Waals surface area contributed by atoms with Gasteiger partial charge in [0.1, 0.15) is 5.82 Å². The molecule has 0 saturated carbocycles. The number of aryl methyl sites for hydroxylation is 1. The fourth-order valence-corrected chi connectivity index (χ4v) is 0.764. The van der Waals surface area contributed by atoms with E-state index in [4.69, 9.17) is 0 Å². The van der Waals surface area contributed by atoms with Crippen LogP contribution in [0.15, 0.2) is 11.4 Å². The van der Waals surface area contributed by atoms with E-state index in [0.29, 0.717) is 11.4 Å². The number of aromatic amines is 1. The molecule has 1 N–H and O–H groups in total. The molecular formula is C10H16N2O. The maximum absolute atomic E-state index is 11.1. The molecular weight excluding hydrogens is 164 g/mol. The monoisotopic (exact) mass is 180 g/mol. The van der Waals surface area contributed by atoms with Crippen molar-refractivity contribution in [3.63, 3.8) is 0 Å². The van der Waals surface area contributed by atoms with Crippen LogP contribution in [0.5, 0.6) is 0 Å². The summed E-state index contributed by atoms with van der Waals surface area (Å²) in [5.41, 5.74) is 1.33. The first-order valence-corrected chi connectivity index (χ1v) is 4.35. The minimum absolute atomic E-state index is 0.0904. The largest absolute Gasteiger partial charge is 0.307 e. The molecule has 0 spiro atoms. The molecule has 0 saturated heterocycles. The Kier molecular flexibility index (Phi) is 4.74. The molecule has 1 heterocycles. The van der Waals surface area contributed by atoms with Gasteiger partial charge in [-0.25, -0.2) is 4.98 Å². The van der Waals surface area contributed by atoms with E-state index in [1.807, 2.05) is 13.8 Å². The summed E-state index contributed by atoms with van der Waals surface area (Å²) in [4.78, 5) is 17.7. The summed E-state index contributed by atoms with van der Waals surface area (Å²) in [6.45, 7) is 11.1. The Morgan fingerprint density at radius 1 is 1.38 bits per heavy atom. The molecule has 0 amide bonds. The van der Waals surface area contributed by atoms with Gasteiger partial charge < -0.3 is 4.98 Å². The normalized spacial score (nSPS) is 8.62. The van der Waals surface area contributed by atoms with E-state index in [2.05, 4.69) is 16.5 Å². The van der Waals surface area contributed by atoms with Gasteiger partial charge in [-0.3, -0.25) is 4.79 Å². The highest BCUT2D eigenvalue weighted by molar-refractivity contribution is 5.36. The second-order valence-corrected chi connectivity index (χ2v) is 2.37. The van der Waals surface area contributed by atoms with Gasteiger partial charge in [0.15, 0.2) is 0 Å². The van der Waals surface area contributed by atoms with Gasteiger partial charge in [0.2, 0.25) is 0 Å². The molecule has 0 unspecified atom stereocenters. The Balaban J connectivity index is 0.000000671. The minimum Gasteiger partial charge on any atom is -0.307 e. The lowest BCUT2D eigenvalue weighted by Crippen LogP contribution is -2.14. The lowest BCUT2D eigenvalue weighted by atomic mass is 10.3. The van der Waals surface area contributed by atoms with Crippen molar-refractivity contribution in [2.24, 2.45) is 0 Å². The third kappa shape index (κ3) is 2.86. The summed E-state index contributed by atoms with van der Waals surface area (Å²) in [6, 6.07) is 0. The molecule has 1 aromatic heterocycles.